The molecule has 0 unspecified atom stereocenters. The first-order valence-electron chi connectivity index (χ1n) is 18.7. The van der Waals surface area contributed by atoms with Crippen LogP contribution in [0.4, 0.5) is 9.93 Å². The summed E-state index contributed by atoms with van der Waals surface area (Å²) in [6.07, 6.45) is 1.62. The van der Waals surface area contributed by atoms with Gasteiger partial charge in [-0.3, -0.25) is 29.8 Å². The van der Waals surface area contributed by atoms with Crippen molar-refractivity contribution < 1.29 is 47.7 Å². The van der Waals surface area contributed by atoms with E-state index in [0.29, 0.717) is 28.5 Å². The molecule has 0 bridgehead atoms. The lowest BCUT2D eigenvalue weighted by molar-refractivity contribution is -0.179. The molecule has 2 aliphatic rings. The van der Waals surface area contributed by atoms with Crippen molar-refractivity contribution in [2.24, 2.45) is 15.9 Å². The van der Waals surface area contributed by atoms with Crippen LogP contribution in [0.5, 0.6) is 11.5 Å². The van der Waals surface area contributed by atoms with E-state index in [0.717, 1.165) is 21.8 Å². The first kappa shape index (κ1) is 45.4. The lowest BCUT2D eigenvalue weighted by Crippen LogP contribution is -2.73. The van der Waals surface area contributed by atoms with E-state index in [1.165, 1.54) is 43.0 Å². The van der Waals surface area contributed by atoms with Gasteiger partial charge in [-0.1, -0.05) is 5.16 Å². The zero-order valence-corrected chi connectivity index (χ0v) is 36.7. The number of hydrogen-bond donors (Lipinski definition) is 3. The Morgan fingerprint density at radius 3 is 2.37 bits per heavy atom. The summed E-state index contributed by atoms with van der Waals surface area (Å²) in [5.41, 5.74) is 4.78. The number of benzene rings is 1. The molecule has 0 aliphatic carbocycles. The van der Waals surface area contributed by atoms with Crippen molar-refractivity contribution in [1.82, 2.24) is 20.2 Å². The van der Waals surface area contributed by atoms with E-state index in [2.05, 4.69) is 30.7 Å². The fourth-order valence-corrected chi connectivity index (χ4v) is 7.08. The number of nitrogens with zero attached hydrogens (tertiary/aromatic N) is 5. The van der Waals surface area contributed by atoms with Crippen molar-refractivity contribution in [2.75, 3.05) is 31.9 Å². The zero-order valence-electron chi connectivity index (χ0n) is 35.1. The van der Waals surface area contributed by atoms with Gasteiger partial charge in [0, 0.05) is 40.1 Å². The molecular weight excluding hydrogens is 817 g/mol. The number of amidine groups is 1. The summed E-state index contributed by atoms with van der Waals surface area (Å²) < 4.78 is 27.8. The third-order valence-corrected chi connectivity index (χ3v) is 10.2. The first-order valence-corrected chi connectivity index (χ1v) is 20.5. The highest BCUT2D eigenvalue weighted by atomic mass is 32.2. The molecule has 2 aromatic heterocycles. The Morgan fingerprint density at radius 2 is 1.72 bits per heavy atom. The largest absolute Gasteiger partial charge is 0.497 e. The number of oxime groups is 1. The number of hydrogen-bond acceptors (Lipinski definition) is 16. The molecule has 4 N–H and O–H groups in total. The van der Waals surface area contributed by atoms with Gasteiger partial charge in [-0.05, 0) is 85.2 Å². The molecular formula is C40H50N8O10S2. The number of aliphatic imine (C=N–C) groups is 1. The fourth-order valence-electron chi connectivity index (χ4n) is 5.52. The number of β-lactam (4-membered cyclic amide) rings is 1. The van der Waals surface area contributed by atoms with E-state index in [4.69, 9.17) is 34.3 Å². The minimum absolute atomic E-state index is 0.0296. The van der Waals surface area contributed by atoms with Crippen molar-refractivity contribution in [1.29, 1.82) is 0 Å². The molecule has 322 valence electrons. The number of carbonyl (C=O) groups is 4. The smallest absolute Gasteiger partial charge is 0.413 e. The first-order chi connectivity index (χ1) is 28.2. The van der Waals surface area contributed by atoms with E-state index in [1.54, 1.807) is 73.2 Å². The van der Waals surface area contributed by atoms with Crippen LogP contribution in [0.1, 0.15) is 66.6 Å². The van der Waals surface area contributed by atoms with Gasteiger partial charge >= 0.3 is 12.1 Å². The number of thiazole rings is 1. The molecule has 3 aromatic rings. The predicted octanol–water partition coefficient (Wildman–Crippen LogP) is 5.03. The van der Waals surface area contributed by atoms with Crippen LogP contribution < -0.4 is 25.8 Å². The summed E-state index contributed by atoms with van der Waals surface area (Å²) in [7, 11) is 3.09. The molecule has 0 spiro atoms. The molecule has 18 nitrogen and oxygen atoms in total. The van der Waals surface area contributed by atoms with Gasteiger partial charge in [0.1, 0.15) is 34.2 Å². The van der Waals surface area contributed by atoms with Crippen LogP contribution in [0.2, 0.25) is 0 Å². The number of thioether (sulfide) groups is 1. The lowest BCUT2D eigenvalue weighted by atomic mass is 9.98. The summed E-state index contributed by atoms with van der Waals surface area (Å²) in [6.45, 7) is 13.3. The molecule has 2 aliphatic heterocycles. The Kier molecular flexibility index (Phi) is 14.1. The standard InChI is InChI=1S/C40H50N8O10S2/c1-38(2,3)56-35(51)40(7,8)58-47-28(26-21-60-36(44-26)46-37(52)57-39(4,5)6)32(49)45-29-33(50)48-30(23(19-55-34(29)48)20-59-25-13-15-42-16-14-25)31(41)43-18-22-11-12-24(53-9)17-27(22)54-10/h11-17,21,29,34H,18-20H2,1-10H3,(H2,41,43)(H,45,49)(H,44,46,52)/b47-28-/t29-,34-/m1/s1. The molecule has 20 heteroatoms. The van der Waals surface area contributed by atoms with Crippen molar-refractivity contribution in [3.05, 3.63) is 70.6 Å². The lowest BCUT2D eigenvalue weighted by Gasteiger charge is -2.50. The molecule has 5 rings (SSSR count). The number of fused-ring (bicyclic) bond motifs is 1. The zero-order chi connectivity index (χ0) is 44.0. The quantitative estimate of drug-likeness (QED) is 0.0455. The predicted molar refractivity (Wildman–Crippen MR) is 225 cm³/mol. The molecule has 0 saturated carbocycles. The van der Waals surface area contributed by atoms with Crippen LogP contribution in [-0.2, 0) is 40.0 Å². The van der Waals surface area contributed by atoms with Crippen molar-refractivity contribution in [3.63, 3.8) is 0 Å². The van der Waals surface area contributed by atoms with Crippen molar-refractivity contribution in [2.45, 2.75) is 95.9 Å². The van der Waals surface area contributed by atoms with E-state index >= 15 is 0 Å². The van der Waals surface area contributed by atoms with Gasteiger partial charge in [-0.25, -0.2) is 14.6 Å². The third kappa shape index (κ3) is 11.5. The van der Waals surface area contributed by atoms with E-state index in [1.807, 2.05) is 18.2 Å². The Hall–Kier alpha value is -5.73. The van der Waals surface area contributed by atoms with Gasteiger partial charge < -0.3 is 39.6 Å². The van der Waals surface area contributed by atoms with Crippen LogP contribution >= 0.6 is 23.1 Å². The number of methoxy groups -OCH3 is 2. The third-order valence-electron chi connectivity index (χ3n) is 8.38. The van der Waals surface area contributed by atoms with Gasteiger partial charge in [-0.2, -0.15) is 0 Å². The molecule has 1 fully saturated rings. The number of nitrogens with one attached hydrogen (secondary N) is 2. The second kappa shape index (κ2) is 18.7. The second-order valence-corrected chi connectivity index (χ2v) is 17.8. The van der Waals surface area contributed by atoms with E-state index in [9.17, 15) is 19.2 Å². The van der Waals surface area contributed by atoms with Crippen LogP contribution in [0.25, 0.3) is 0 Å². The van der Waals surface area contributed by atoms with Gasteiger partial charge in [0.25, 0.3) is 11.8 Å². The number of carbonyl (C=O) groups excluding carboxylic acids is 4. The van der Waals surface area contributed by atoms with Gasteiger partial charge in [0.2, 0.25) is 5.60 Å². The minimum Gasteiger partial charge on any atom is -0.497 e. The number of nitrogens with two attached hydrogens (primary N) is 1. The summed E-state index contributed by atoms with van der Waals surface area (Å²) in [5.74, 6) is -0.525. The Bertz CT molecular complexity index is 2180. The molecule has 1 aromatic carbocycles. The number of aromatic nitrogens is 2. The van der Waals surface area contributed by atoms with Crippen molar-refractivity contribution in [3.8, 4) is 11.5 Å². The number of esters is 1. The summed E-state index contributed by atoms with van der Waals surface area (Å²) in [5, 5.41) is 10.8. The molecule has 0 radical (unpaired) electrons. The summed E-state index contributed by atoms with van der Waals surface area (Å²) in [4.78, 5) is 74.7. The van der Waals surface area contributed by atoms with Crippen molar-refractivity contribution >= 4 is 63.7 Å². The van der Waals surface area contributed by atoms with Crippen LogP contribution in [0.15, 0.2) is 74.4 Å². The molecule has 60 heavy (non-hydrogen) atoms. The maximum absolute atomic E-state index is 14.1. The van der Waals surface area contributed by atoms with Crippen LogP contribution in [0, 0.1) is 0 Å². The maximum Gasteiger partial charge on any atom is 0.413 e. The molecule has 3 amide bonds. The molecule has 1 saturated heterocycles. The number of anilines is 1. The molecule has 2 atom stereocenters. The highest BCUT2D eigenvalue weighted by molar-refractivity contribution is 7.99. The average Bonchev–Trinajstić information content (AvgIpc) is 3.64. The minimum atomic E-state index is -1.65. The number of pyridine rings is 1. The van der Waals surface area contributed by atoms with Gasteiger partial charge in [0.05, 0.1) is 33.1 Å². The highest BCUT2D eigenvalue weighted by Gasteiger charge is 2.54. The molecule has 4 heterocycles. The summed E-state index contributed by atoms with van der Waals surface area (Å²) in [6, 6.07) is 7.86. The fraction of sp³-hybridized carbons (Fsp3) is 0.450. The number of amides is 3. The monoisotopic (exact) mass is 866 g/mol. The normalized spacial score (nSPS) is 17.3. The average molecular weight is 867 g/mol. The highest BCUT2D eigenvalue weighted by Crippen LogP contribution is 2.36. The van der Waals surface area contributed by atoms with Gasteiger partial charge in [0.15, 0.2) is 23.1 Å². The Morgan fingerprint density at radius 1 is 1.02 bits per heavy atom. The van der Waals surface area contributed by atoms with Crippen LogP contribution in [0.3, 0.4) is 0 Å². The number of ether oxygens (including phenoxy) is 5. The topological polar surface area (TPSA) is 227 Å². The maximum atomic E-state index is 14.1. The SMILES string of the molecule is COc1ccc(CN=C(N)C2=C(CSc3ccncc3)CO[C@@H]3[C@H](NC(=O)/C(=N\OC(C)(C)C(=O)OC(C)(C)C)c4csc(NC(=O)OC(C)(C)C)n4)C(=O)N23)c(OC)c1. The number of rotatable bonds is 15. The second-order valence-electron chi connectivity index (χ2n) is 15.9. The van der Waals surface area contributed by atoms with Crippen LogP contribution in [-0.4, -0.2) is 106 Å². The Labute approximate surface area is 356 Å². The van der Waals surface area contributed by atoms with E-state index < -0.39 is 58.7 Å². The Balaban J connectivity index is 1.42. The van der Waals surface area contributed by atoms with E-state index in [-0.39, 0.29) is 29.8 Å². The van der Waals surface area contributed by atoms with Gasteiger partial charge in [-0.15, -0.1) is 23.1 Å². The summed E-state index contributed by atoms with van der Waals surface area (Å²) >= 11 is 2.49.